The van der Waals surface area contributed by atoms with E-state index >= 15 is 0 Å². The van der Waals surface area contributed by atoms with Crippen LogP contribution in [0.25, 0.3) is 0 Å². The molecule has 1 N–H and O–H groups in total. The van der Waals surface area contributed by atoms with Gasteiger partial charge in [-0.25, -0.2) is 4.98 Å². The van der Waals surface area contributed by atoms with Gasteiger partial charge in [0.2, 0.25) is 5.88 Å². The predicted octanol–water partition coefficient (Wildman–Crippen LogP) is 2.67. The first-order valence-corrected chi connectivity index (χ1v) is 7.82. The Balaban J connectivity index is 2.15. The highest BCUT2D eigenvalue weighted by atomic mass is 16.5. The summed E-state index contributed by atoms with van der Waals surface area (Å²) in [4.78, 5) is 16.8. The maximum Gasteiger partial charge on any atom is 0.255 e. The molecule has 6 heteroatoms. The van der Waals surface area contributed by atoms with Crippen LogP contribution >= 0.6 is 0 Å². The Morgan fingerprint density at radius 1 is 1.39 bits per heavy atom. The van der Waals surface area contributed by atoms with E-state index in [9.17, 15) is 4.79 Å². The second-order valence-electron chi connectivity index (χ2n) is 5.74. The van der Waals surface area contributed by atoms with Crippen LogP contribution in [0.5, 0.6) is 5.88 Å². The highest BCUT2D eigenvalue weighted by Gasteiger charge is 2.18. The van der Waals surface area contributed by atoms with E-state index in [4.69, 9.17) is 4.74 Å². The Morgan fingerprint density at radius 2 is 2.13 bits per heavy atom. The number of pyridine rings is 1. The Morgan fingerprint density at radius 3 is 2.74 bits per heavy atom. The minimum atomic E-state index is -0.129. The van der Waals surface area contributed by atoms with Crippen molar-refractivity contribution in [2.75, 3.05) is 7.11 Å². The quantitative estimate of drug-likeness (QED) is 0.889. The maximum absolute atomic E-state index is 12.5. The van der Waals surface area contributed by atoms with Crippen LogP contribution < -0.4 is 10.1 Å². The van der Waals surface area contributed by atoms with Gasteiger partial charge in [-0.15, -0.1) is 0 Å². The Bertz CT molecular complexity index is 692. The fourth-order valence-electron chi connectivity index (χ4n) is 2.34. The Kier molecular flexibility index (Phi) is 5.36. The molecule has 1 amide bonds. The van der Waals surface area contributed by atoms with E-state index in [2.05, 4.69) is 15.4 Å². The third-order valence-electron chi connectivity index (χ3n) is 3.62. The summed E-state index contributed by atoms with van der Waals surface area (Å²) in [6.45, 7) is 9.07. The van der Waals surface area contributed by atoms with Crippen molar-refractivity contribution in [3.8, 4) is 5.88 Å². The molecule has 6 nitrogen and oxygen atoms in total. The maximum atomic E-state index is 12.5. The monoisotopic (exact) mass is 316 g/mol. The molecule has 2 aromatic heterocycles. The van der Waals surface area contributed by atoms with Gasteiger partial charge in [-0.05, 0) is 25.8 Å². The molecule has 0 aliphatic carbocycles. The second-order valence-corrected chi connectivity index (χ2v) is 5.74. The first-order valence-electron chi connectivity index (χ1n) is 7.82. The number of methoxy groups -OCH3 is 1. The van der Waals surface area contributed by atoms with Gasteiger partial charge in [0.1, 0.15) is 0 Å². The lowest BCUT2D eigenvalue weighted by molar-refractivity contribution is 0.0949. The SMILES string of the molecule is CCn1cc(C(=O)NCc2ccc(C)nc2OC)c(C(C)C)n1. The molecule has 2 aromatic rings. The normalized spacial score (nSPS) is 10.9. The van der Waals surface area contributed by atoms with E-state index in [-0.39, 0.29) is 11.8 Å². The van der Waals surface area contributed by atoms with E-state index in [1.54, 1.807) is 18.0 Å². The summed E-state index contributed by atoms with van der Waals surface area (Å²) in [6, 6.07) is 3.82. The number of aryl methyl sites for hydroxylation is 2. The first kappa shape index (κ1) is 17.0. The summed E-state index contributed by atoms with van der Waals surface area (Å²) < 4.78 is 7.06. The molecule has 0 saturated heterocycles. The number of nitrogens with one attached hydrogen (secondary N) is 1. The van der Waals surface area contributed by atoms with Crippen LogP contribution in [0.4, 0.5) is 0 Å². The molecular formula is C17H24N4O2. The molecule has 0 aromatic carbocycles. The number of amides is 1. The fourth-order valence-corrected chi connectivity index (χ4v) is 2.34. The molecule has 2 rings (SSSR count). The molecule has 0 aliphatic heterocycles. The largest absolute Gasteiger partial charge is 0.481 e. The van der Waals surface area contributed by atoms with E-state index in [0.717, 1.165) is 23.5 Å². The van der Waals surface area contributed by atoms with Crippen molar-refractivity contribution >= 4 is 5.91 Å². The molecule has 0 spiro atoms. The van der Waals surface area contributed by atoms with Crippen molar-refractivity contribution in [2.24, 2.45) is 0 Å². The van der Waals surface area contributed by atoms with Crippen molar-refractivity contribution in [1.82, 2.24) is 20.1 Å². The smallest absolute Gasteiger partial charge is 0.255 e. The van der Waals surface area contributed by atoms with Crippen LogP contribution in [-0.4, -0.2) is 27.8 Å². The van der Waals surface area contributed by atoms with Crippen LogP contribution in [0.3, 0.4) is 0 Å². The molecule has 124 valence electrons. The molecule has 2 heterocycles. The van der Waals surface area contributed by atoms with Gasteiger partial charge in [0, 0.05) is 30.5 Å². The first-order chi connectivity index (χ1) is 11.0. The van der Waals surface area contributed by atoms with Gasteiger partial charge in [0.15, 0.2) is 0 Å². The molecule has 0 unspecified atom stereocenters. The van der Waals surface area contributed by atoms with Gasteiger partial charge in [-0.2, -0.15) is 5.10 Å². The van der Waals surface area contributed by atoms with Crippen LogP contribution in [0.2, 0.25) is 0 Å². The zero-order valence-corrected chi connectivity index (χ0v) is 14.4. The van der Waals surface area contributed by atoms with Crippen LogP contribution in [0.1, 0.15) is 54.0 Å². The lowest BCUT2D eigenvalue weighted by atomic mass is 10.1. The zero-order chi connectivity index (χ0) is 17.0. The van der Waals surface area contributed by atoms with Gasteiger partial charge < -0.3 is 10.1 Å². The highest BCUT2D eigenvalue weighted by molar-refractivity contribution is 5.95. The van der Waals surface area contributed by atoms with Gasteiger partial charge >= 0.3 is 0 Å². The van der Waals surface area contributed by atoms with Crippen molar-refractivity contribution in [3.63, 3.8) is 0 Å². The Labute approximate surface area is 136 Å². The van der Waals surface area contributed by atoms with Crippen molar-refractivity contribution in [2.45, 2.75) is 46.7 Å². The minimum Gasteiger partial charge on any atom is -0.481 e. The van der Waals surface area contributed by atoms with Crippen LogP contribution in [0, 0.1) is 6.92 Å². The molecule has 23 heavy (non-hydrogen) atoms. The molecule has 0 radical (unpaired) electrons. The number of carbonyl (C=O) groups is 1. The third kappa shape index (κ3) is 3.88. The van der Waals surface area contributed by atoms with E-state index in [1.165, 1.54) is 0 Å². The number of hydrogen-bond acceptors (Lipinski definition) is 4. The minimum absolute atomic E-state index is 0.129. The summed E-state index contributed by atoms with van der Waals surface area (Å²) >= 11 is 0. The third-order valence-corrected chi connectivity index (χ3v) is 3.62. The standard InChI is InChI=1S/C17H24N4O2/c1-6-21-10-14(15(20-21)11(2)3)16(22)18-9-13-8-7-12(4)19-17(13)23-5/h7-8,10-11H,6,9H2,1-5H3,(H,18,22). The van der Waals surface area contributed by atoms with Gasteiger partial charge in [0.05, 0.1) is 18.4 Å². The van der Waals surface area contributed by atoms with Gasteiger partial charge in [-0.3, -0.25) is 9.48 Å². The highest BCUT2D eigenvalue weighted by Crippen LogP contribution is 2.19. The number of ether oxygens (including phenoxy) is 1. The predicted molar refractivity (Wildman–Crippen MR) is 88.7 cm³/mol. The average molecular weight is 316 g/mol. The number of aromatic nitrogens is 3. The summed E-state index contributed by atoms with van der Waals surface area (Å²) in [5.74, 6) is 0.605. The van der Waals surface area contributed by atoms with E-state index < -0.39 is 0 Å². The molecule has 0 aliphatic rings. The van der Waals surface area contributed by atoms with E-state index in [0.29, 0.717) is 18.0 Å². The second kappa shape index (κ2) is 7.26. The molecule has 0 bridgehead atoms. The molecule has 0 atom stereocenters. The van der Waals surface area contributed by atoms with Gasteiger partial charge in [-0.1, -0.05) is 19.9 Å². The molecule has 0 fully saturated rings. The summed E-state index contributed by atoms with van der Waals surface area (Å²) in [5.41, 5.74) is 3.17. The van der Waals surface area contributed by atoms with Gasteiger partial charge in [0.25, 0.3) is 5.91 Å². The van der Waals surface area contributed by atoms with Crippen molar-refractivity contribution < 1.29 is 9.53 Å². The Hall–Kier alpha value is -2.37. The van der Waals surface area contributed by atoms with E-state index in [1.807, 2.05) is 39.8 Å². The average Bonchev–Trinajstić information content (AvgIpc) is 2.98. The van der Waals surface area contributed by atoms with Crippen LogP contribution in [-0.2, 0) is 13.1 Å². The number of nitrogens with zero attached hydrogens (tertiary/aromatic N) is 3. The topological polar surface area (TPSA) is 69.0 Å². The van der Waals surface area contributed by atoms with Crippen molar-refractivity contribution in [3.05, 3.63) is 40.8 Å². The summed E-state index contributed by atoms with van der Waals surface area (Å²) in [6.07, 6.45) is 1.80. The lowest BCUT2D eigenvalue weighted by Gasteiger charge is -2.10. The molecule has 0 saturated carbocycles. The number of rotatable bonds is 6. The number of hydrogen-bond donors (Lipinski definition) is 1. The zero-order valence-electron chi connectivity index (χ0n) is 14.4. The van der Waals surface area contributed by atoms with Crippen LogP contribution in [0.15, 0.2) is 18.3 Å². The van der Waals surface area contributed by atoms with Crippen molar-refractivity contribution in [1.29, 1.82) is 0 Å². The lowest BCUT2D eigenvalue weighted by Crippen LogP contribution is -2.24. The fraction of sp³-hybridized carbons (Fsp3) is 0.471. The summed E-state index contributed by atoms with van der Waals surface area (Å²) in [5, 5.41) is 7.40. The molecular weight excluding hydrogens is 292 g/mol. The number of carbonyl (C=O) groups excluding carboxylic acids is 1. The summed E-state index contributed by atoms with van der Waals surface area (Å²) in [7, 11) is 1.58.